The van der Waals surface area contributed by atoms with Crippen LogP contribution in [0, 0.1) is 0 Å². The normalized spacial score (nSPS) is 13.1. The third kappa shape index (κ3) is 52.8. The molecule has 0 aliphatic rings. The zero-order valence-corrected chi connectivity index (χ0v) is 44.4. The first-order valence-electron chi connectivity index (χ1n) is 29.1. The van der Waals surface area contributed by atoms with Crippen molar-refractivity contribution in [2.45, 2.75) is 302 Å². The average Bonchev–Trinajstić information content (AvgIpc) is 3.33. The quantitative estimate of drug-likeness (QED) is 0.0321. The monoisotopic (exact) mass is 938 g/mol. The number of esters is 1. The Bertz CT molecular complexity index is 1170. The van der Waals surface area contributed by atoms with E-state index in [1.165, 1.54) is 193 Å². The highest BCUT2D eigenvalue weighted by atomic mass is 16.5. The van der Waals surface area contributed by atoms with Crippen molar-refractivity contribution in [1.29, 1.82) is 0 Å². The lowest BCUT2D eigenvalue weighted by molar-refractivity contribution is -0.143. The number of aliphatic hydroxyl groups is 2. The van der Waals surface area contributed by atoms with E-state index >= 15 is 0 Å². The molecular formula is C61H111NO5. The molecule has 0 saturated carbocycles. The molecule has 0 aliphatic heterocycles. The molecular weight excluding hydrogens is 827 g/mol. The van der Waals surface area contributed by atoms with Crippen molar-refractivity contribution in [3.63, 3.8) is 0 Å². The van der Waals surface area contributed by atoms with Gasteiger partial charge in [-0.2, -0.15) is 0 Å². The van der Waals surface area contributed by atoms with Crippen molar-refractivity contribution in [2.75, 3.05) is 13.2 Å². The lowest BCUT2D eigenvalue weighted by Gasteiger charge is -2.20. The number of amides is 1. The Morgan fingerprint density at radius 3 is 1.15 bits per heavy atom. The van der Waals surface area contributed by atoms with E-state index in [9.17, 15) is 19.8 Å². The Morgan fingerprint density at radius 2 is 0.746 bits per heavy atom. The van der Waals surface area contributed by atoms with Crippen LogP contribution in [-0.4, -0.2) is 47.4 Å². The Labute approximate surface area is 416 Å². The second kappa shape index (κ2) is 56.2. The minimum Gasteiger partial charge on any atom is -0.466 e. The number of rotatable bonds is 53. The van der Waals surface area contributed by atoms with Crippen LogP contribution in [0.5, 0.6) is 0 Å². The van der Waals surface area contributed by atoms with Crippen LogP contribution >= 0.6 is 0 Å². The molecule has 3 N–H and O–H groups in total. The van der Waals surface area contributed by atoms with Crippen LogP contribution < -0.4 is 5.32 Å². The summed E-state index contributed by atoms with van der Waals surface area (Å²) in [7, 11) is 0. The molecule has 0 aliphatic carbocycles. The van der Waals surface area contributed by atoms with Gasteiger partial charge in [0.15, 0.2) is 0 Å². The third-order valence-electron chi connectivity index (χ3n) is 13.0. The molecule has 0 bridgehead atoms. The molecule has 0 aromatic heterocycles. The van der Waals surface area contributed by atoms with Crippen LogP contribution in [0.2, 0.25) is 0 Å². The summed E-state index contributed by atoms with van der Waals surface area (Å²) in [6.45, 7) is 4.84. The van der Waals surface area contributed by atoms with Crippen LogP contribution in [-0.2, 0) is 14.3 Å². The highest BCUT2D eigenvalue weighted by molar-refractivity contribution is 5.76. The molecule has 0 radical (unpaired) electrons. The topological polar surface area (TPSA) is 95.9 Å². The lowest BCUT2D eigenvalue weighted by Crippen LogP contribution is -2.45. The number of unbranched alkanes of at least 4 members (excludes halogenated alkanes) is 34. The van der Waals surface area contributed by atoms with Crippen molar-refractivity contribution in [3.8, 4) is 0 Å². The molecule has 2 unspecified atom stereocenters. The molecule has 0 spiro atoms. The predicted octanol–water partition coefficient (Wildman–Crippen LogP) is 18.0. The SMILES string of the molecule is CCCCCC/C=C\C/C=C\CCCCCCCCCC(=O)OCCCCCCCCCCC/C=C\C/C=C\CCCCCCCCCC(=O)NC(CO)C(O)/C=C/CCCCCCCCC. The molecule has 67 heavy (non-hydrogen) atoms. The van der Waals surface area contributed by atoms with Gasteiger partial charge in [-0.3, -0.25) is 9.59 Å². The summed E-state index contributed by atoms with van der Waals surface area (Å²) in [5.74, 6) is -0.0843. The van der Waals surface area contributed by atoms with E-state index in [1.807, 2.05) is 6.08 Å². The number of allylic oxidation sites excluding steroid dienone is 9. The van der Waals surface area contributed by atoms with Gasteiger partial charge in [0.1, 0.15) is 0 Å². The van der Waals surface area contributed by atoms with E-state index in [0.717, 1.165) is 70.6 Å². The zero-order chi connectivity index (χ0) is 48.6. The molecule has 390 valence electrons. The molecule has 6 heteroatoms. The van der Waals surface area contributed by atoms with E-state index in [2.05, 4.69) is 67.8 Å². The second-order valence-electron chi connectivity index (χ2n) is 19.6. The van der Waals surface area contributed by atoms with Crippen molar-refractivity contribution >= 4 is 11.9 Å². The summed E-state index contributed by atoms with van der Waals surface area (Å²) >= 11 is 0. The van der Waals surface area contributed by atoms with Crippen LogP contribution in [0.1, 0.15) is 290 Å². The van der Waals surface area contributed by atoms with E-state index in [0.29, 0.717) is 19.4 Å². The Balaban J connectivity index is 3.44. The van der Waals surface area contributed by atoms with Crippen LogP contribution in [0.3, 0.4) is 0 Å². The standard InChI is InChI=1S/C61H111NO5/c1-3-5-7-9-11-13-14-15-16-17-26-29-32-35-39-43-47-51-55-61(66)67-56-52-48-44-40-36-33-30-27-24-22-20-18-19-21-23-25-28-31-34-38-42-46-50-54-60(65)62-58(57-63)59(64)53-49-45-41-37-12-10-8-6-4-2/h13-14,16-18,20-21,23,49,53,58-59,63-64H,3-12,15,19,22,24-48,50-52,54-57H2,1-2H3,(H,62,65)/b14-13-,17-16-,20-18-,23-21-,53-49+. The van der Waals surface area contributed by atoms with Gasteiger partial charge in [-0.25, -0.2) is 0 Å². The van der Waals surface area contributed by atoms with Crippen molar-refractivity contribution in [1.82, 2.24) is 5.32 Å². The number of carbonyl (C=O) groups excluding carboxylic acids is 2. The highest BCUT2D eigenvalue weighted by Crippen LogP contribution is 2.15. The fourth-order valence-electron chi connectivity index (χ4n) is 8.52. The lowest BCUT2D eigenvalue weighted by atomic mass is 10.1. The van der Waals surface area contributed by atoms with Crippen LogP contribution in [0.15, 0.2) is 60.8 Å². The smallest absolute Gasteiger partial charge is 0.305 e. The molecule has 0 aromatic carbocycles. The molecule has 0 aromatic rings. The predicted molar refractivity (Wildman–Crippen MR) is 292 cm³/mol. The van der Waals surface area contributed by atoms with Crippen molar-refractivity contribution in [3.05, 3.63) is 60.8 Å². The second-order valence-corrected chi connectivity index (χ2v) is 19.6. The number of hydrogen-bond acceptors (Lipinski definition) is 5. The van der Waals surface area contributed by atoms with Gasteiger partial charge in [-0.15, -0.1) is 0 Å². The first-order chi connectivity index (χ1) is 33.0. The van der Waals surface area contributed by atoms with Crippen molar-refractivity contribution < 1.29 is 24.5 Å². The first kappa shape index (κ1) is 64.6. The molecule has 6 nitrogen and oxygen atoms in total. The largest absolute Gasteiger partial charge is 0.466 e. The number of aliphatic hydroxyl groups excluding tert-OH is 2. The van der Waals surface area contributed by atoms with Gasteiger partial charge < -0.3 is 20.3 Å². The van der Waals surface area contributed by atoms with Gasteiger partial charge in [0.2, 0.25) is 5.91 Å². The van der Waals surface area contributed by atoms with Gasteiger partial charge in [-0.1, -0.05) is 242 Å². The Hall–Kier alpha value is -2.44. The van der Waals surface area contributed by atoms with Gasteiger partial charge >= 0.3 is 5.97 Å². The minimum absolute atomic E-state index is 0.00182. The number of ether oxygens (including phenoxy) is 1. The summed E-state index contributed by atoms with van der Waals surface area (Å²) in [4.78, 5) is 24.4. The maximum Gasteiger partial charge on any atom is 0.305 e. The van der Waals surface area contributed by atoms with E-state index < -0.39 is 12.1 Å². The molecule has 0 saturated heterocycles. The van der Waals surface area contributed by atoms with Gasteiger partial charge in [-0.05, 0) is 96.3 Å². The third-order valence-corrected chi connectivity index (χ3v) is 13.0. The van der Waals surface area contributed by atoms with E-state index in [1.54, 1.807) is 6.08 Å². The molecule has 0 heterocycles. The summed E-state index contributed by atoms with van der Waals surface area (Å²) < 4.78 is 5.48. The number of carbonyl (C=O) groups is 2. The van der Waals surface area contributed by atoms with Crippen molar-refractivity contribution in [2.24, 2.45) is 0 Å². The molecule has 0 fully saturated rings. The Morgan fingerprint density at radius 1 is 0.418 bits per heavy atom. The maximum absolute atomic E-state index is 12.4. The molecule has 2 atom stereocenters. The number of hydrogen-bond donors (Lipinski definition) is 3. The molecule has 1 amide bonds. The summed E-state index contributed by atoms with van der Waals surface area (Å²) in [6.07, 6.45) is 72.5. The van der Waals surface area contributed by atoms with Crippen LogP contribution in [0.25, 0.3) is 0 Å². The van der Waals surface area contributed by atoms with E-state index in [-0.39, 0.29) is 18.5 Å². The summed E-state index contributed by atoms with van der Waals surface area (Å²) in [5, 5.41) is 22.9. The Kier molecular flexibility index (Phi) is 54.1. The fraction of sp³-hybridized carbons (Fsp3) is 0.803. The minimum atomic E-state index is -0.850. The summed E-state index contributed by atoms with van der Waals surface area (Å²) in [5.41, 5.74) is 0. The number of nitrogens with one attached hydrogen (secondary N) is 1. The fourth-order valence-corrected chi connectivity index (χ4v) is 8.52. The van der Waals surface area contributed by atoms with Gasteiger partial charge in [0, 0.05) is 12.8 Å². The summed E-state index contributed by atoms with van der Waals surface area (Å²) in [6, 6.07) is -0.634. The van der Waals surface area contributed by atoms with Crippen LogP contribution in [0.4, 0.5) is 0 Å². The van der Waals surface area contributed by atoms with E-state index in [4.69, 9.17) is 4.74 Å². The maximum atomic E-state index is 12.4. The zero-order valence-electron chi connectivity index (χ0n) is 44.4. The molecule has 0 rings (SSSR count). The first-order valence-corrected chi connectivity index (χ1v) is 29.1. The highest BCUT2D eigenvalue weighted by Gasteiger charge is 2.18. The van der Waals surface area contributed by atoms with Gasteiger partial charge in [0.05, 0.1) is 25.4 Å². The van der Waals surface area contributed by atoms with Gasteiger partial charge in [0.25, 0.3) is 0 Å². The average molecular weight is 939 g/mol.